The van der Waals surface area contributed by atoms with E-state index < -0.39 is 0 Å². The maximum Gasteiger partial charge on any atom is 0.224 e. The van der Waals surface area contributed by atoms with Gasteiger partial charge in [-0.3, -0.25) is 4.79 Å². The van der Waals surface area contributed by atoms with Crippen LogP contribution in [-0.2, 0) is 4.79 Å². The van der Waals surface area contributed by atoms with E-state index in [0.717, 1.165) is 16.5 Å². The highest BCUT2D eigenvalue weighted by atomic mass is 35.5. The fourth-order valence-corrected chi connectivity index (χ4v) is 3.03. The third-order valence-electron chi connectivity index (χ3n) is 2.39. The summed E-state index contributed by atoms with van der Waals surface area (Å²) < 4.78 is 4.84. The molecule has 1 aromatic heterocycles. The Bertz CT molecular complexity index is 577. The summed E-state index contributed by atoms with van der Waals surface area (Å²) in [6.45, 7) is 0. The Balaban J connectivity index is 1.71. The van der Waals surface area contributed by atoms with Crippen LogP contribution in [0.15, 0.2) is 28.9 Å². The highest BCUT2D eigenvalue weighted by molar-refractivity contribution is 8.00. The summed E-state index contributed by atoms with van der Waals surface area (Å²) >= 11 is 8.79. The van der Waals surface area contributed by atoms with Crippen LogP contribution in [0.25, 0.3) is 0 Å². The van der Waals surface area contributed by atoms with Gasteiger partial charge in [-0.2, -0.15) is 4.37 Å². The first kappa shape index (κ1) is 15.1. The lowest BCUT2D eigenvalue weighted by Crippen LogP contribution is -2.11. The van der Waals surface area contributed by atoms with Crippen LogP contribution in [0.1, 0.15) is 12.8 Å². The van der Waals surface area contributed by atoms with Crippen molar-refractivity contribution in [2.24, 2.45) is 0 Å². The molecule has 1 aromatic carbocycles. The molecule has 0 aliphatic carbocycles. The van der Waals surface area contributed by atoms with Gasteiger partial charge in [-0.15, -0.1) is 0 Å². The van der Waals surface area contributed by atoms with Crippen molar-refractivity contribution < 1.29 is 4.79 Å². The number of nitrogens with one attached hydrogen (secondary N) is 1. The highest BCUT2D eigenvalue weighted by Gasteiger charge is 2.05. The zero-order valence-corrected chi connectivity index (χ0v) is 12.9. The maximum absolute atomic E-state index is 11.8. The second kappa shape index (κ2) is 7.47. The Morgan fingerprint density at radius 1 is 1.50 bits per heavy atom. The normalized spacial score (nSPS) is 10.4. The Hall–Kier alpha value is -1.31. The molecule has 0 atom stereocenters. The van der Waals surface area contributed by atoms with Crippen molar-refractivity contribution in [2.45, 2.75) is 17.2 Å². The first-order valence-electron chi connectivity index (χ1n) is 5.89. The molecule has 0 saturated heterocycles. The zero-order valence-electron chi connectivity index (χ0n) is 10.5. The summed E-state index contributed by atoms with van der Waals surface area (Å²) in [6.07, 6.45) is 2.76. The minimum absolute atomic E-state index is 0.0374. The molecule has 20 heavy (non-hydrogen) atoms. The van der Waals surface area contributed by atoms with Crippen LogP contribution >= 0.6 is 34.9 Å². The molecule has 0 radical (unpaired) electrons. The SMILES string of the molecule is Nc1cc(NC(=O)CCCSc2ncns2)ccc1Cl. The number of carbonyl (C=O) groups excluding carboxylic acids is 1. The number of rotatable bonds is 6. The van der Waals surface area contributed by atoms with Crippen LogP contribution < -0.4 is 11.1 Å². The van der Waals surface area contributed by atoms with E-state index in [1.54, 1.807) is 30.0 Å². The van der Waals surface area contributed by atoms with Gasteiger partial charge >= 0.3 is 0 Å². The topological polar surface area (TPSA) is 80.9 Å². The average molecular weight is 329 g/mol. The molecule has 1 heterocycles. The van der Waals surface area contributed by atoms with Crippen LogP contribution in [0.2, 0.25) is 5.02 Å². The van der Waals surface area contributed by atoms with Crippen molar-refractivity contribution in [3.05, 3.63) is 29.5 Å². The monoisotopic (exact) mass is 328 g/mol. The van der Waals surface area contributed by atoms with Crippen LogP contribution in [0.4, 0.5) is 11.4 Å². The molecule has 1 amide bonds. The van der Waals surface area contributed by atoms with Crippen molar-refractivity contribution in [2.75, 3.05) is 16.8 Å². The Morgan fingerprint density at radius 3 is 3.05 bits per heavy atom. The third kappa shape index (κ3) is 4.66. The molecule has 106 valence electrons. The molecular weight excluding hydrogens is 316 g/mol. The quantitative estimate of drug-likeness (QED) is 0.483. The first-order valence-corrected chi connectivity index (χ1v) is 8.03. The van der Waals surface area contributed by atoms with E-state index in [0.29, 0.717) is 22.8 Å². The van der Waals surface area contributed by atoms with Crippen molar-refractivity contribution in [3.63, 3.8) is 0 Å². The molecule has 3 N–H and O–H groups in total. The molecule has 0 saturated carbocycles. The average Bonchev–Trinajstić information content (AvgIpc) is 2.92. The number of anilines is 2. The minimum atomic E-state index is -0.0374. The van der Waals surface area contributed by atoms with Gasteiger partial charge in [0, 0.05) is 17.9 Å². The fraction of sp³-hybridized carbons (Fsp3) is 0.250. The van der Waals surface area contributed by atoms with E-state index in [1.807, 2.05) is 0 Å². The lowest BCUT2D eigenvalue weighted by Gasteiger charge is -2.06. The fourth-order valence-electron chi connectivity index (χ4n) is 1.46. The number of aromatic nitrogens is 2. The molecule has 2 aromatic rings. The van der Waals surface area contributed by atoms with Crippen LogP contribution in [0.3, 0.4) is 0 Å². The second-order valence-corrected chi connectivity index (χ2v) is 6.47. The number of benzene rings is 1. The van der Waals surface area contributed by atoms with E-state index in [2.05, 4.69) is 14.7 Å². The van der Waals surface area contributed by atoms with Gasteiger partial charge in [-0.1, -0.05) is 23.4 Å². The van der Waals surface area contributed by atoms with Crippen molar-refractivity contribution >= 4 is 52.2 Å². The largest absolute Gasteiger partial charge is 0.397 e. The van der Waals surface area contributed by atoms with E-state index in [-0.39, 0.29) is 5.91 Å². The van der Waals surface area contributed by atoms with Crippen LogP contribution in [-0.4, -0.2) is 21.0 Å². The summed E-state index contributed by atoms with van der Waals surface area (Å²) in [7, 11) is 0. The molecule has 0 aliphatic rings. The Kier molecular flexibility index (Phi) is 5.63. The van der Waals surface area contributed by atoms with Gasteiger partial charge in [0.25, 0.3) is 0 Å². The smallest absolute Gasteiger partial charge is 0.224 e. The predicted octanol–water partition coefficient (Wildman–Crippen LogP) is 3.28. The van der Waals surface area contributed by atoms with E-state index in [9.17, 15) is 4.79 Å². The number of nitrogens with two attached hydrogens (primary N) is 1. The lowest BCUT2D eigenvalue weighted by atomic mass is 10.2. The molecule has 0 spiro atoms. The van der Waals surface area contributed by atoms with Gasteiger partial charge in [0.2, 0.25) is 5.91 Å². The number of halogens is 1. The van der Waals surface area contributed by atoms with Crippen LogP contribution in [0, 0.1) is 0 Å². The van der Waals surface area contributed by atoms with Gasteiger partial charge in [-0.05, 0) is 36.2 Å². The number of hydrogen-bond acceptors (Lipinski definition) is 6. The number of nitrogens with zero attached hydrogens (tertiary/aromatic N) is 2. The van der Waals surface area contributed by atoms with Crippen molar-refractivity contribution in [1.82, 2.24) is 9.36 Å². The van der Waals surface area contributed by atoms with Crippen molar-refractivity contribution in [3.8, 4) is 0 Å². The molecule has 0 bridgehead atoms. The van der Waals surface area contributed by atoms with Crippen LogP contribution in [0.5, 0.6) is 0 Å². The molecule has 5 nitrogen and oxygen atoms in total. The van der Waals surface area contributed by atoms with Gasteiger partial charge in [0.15, 0.2) is 4.34 Å². The summed E-state index contributed by atoms with van der Waals surface area (Å²) in [5, 5.41) is 3.27. The second-order valence-electron chi connectivity index (χ2n) is 3.94. The number of amides is 1. The number of thioether (sulfide) groups is 1. The first-order chi connectivity index (χ1) is 9.65. The maximum atomic E-state index is 11.8. The molecule has 0 aliphatic heterocycles. The van der Waals surface area contributed by atoms with Gasteiger partial charge in [0.1, 0.15) is 6.33 Å². The Labute approximate surface area is 130 Å². The number of nitrogen functional groups attached to an aromatic ring is 1. The minimum Gasteiger partial charge on any atom is -0.397 e. The predicted molar refractivity (Wildman–Crippen MR) is 84.4 cm³/mol. The Morgan fingerprint density at radius 2 is 2.35 bits per heavy atom. The summed E-state index contributed by atoms with van der Waals surface area (Å²) in [6, 6.07) is 5.04. The van der Waals surface area contributed by atoms with E-state index in [4.69, 9.17) is 17.3 Å². The van der Waals surface area contributed by atoms with Gasteiger partial charge in [0.05, 0.1) is 10.7 Å². The van der Waals surface area contributed by atoms with E-state index in [1.165, 1.54) is 17.9 Å². The molecule has 0 unspecified atom stereocenters. The molecule has 8 heteroatoms. The lowest BCUT2D eigenvalue weighted by molar-refractivity contribution is -0.116. The highest BCUT2D eigenvalue weighted by Crippen LogP contribution is 2.23. The van der Waals surface area contributed by atoms with Gasteiger partial charge in [-0.25, -0.2) is 4.98 Å². The molecular formula is C12H13ClN4OS2. The third-order valence-corrected chi connectivity index (χ3v) is 4.62. The number of hydrogen-bond donors (Lipinski definition) is 2. The summed E-state index contributed by atoms with van der Waals surface area (Å²) in [5.74, 6) is 0.801. The van der Waals surface area contributed by atoms with Crippen molar-refractivity contribution in [1.29, 1.82) is 0 Å². The van der Waals surface area contributed by atoms with E-state index >= 15 is 0 Å². The summed E-state index contributed by atoms with van der Waals surface area (Å²) in [5.41, 5.74) is 6.79. The molecule has 2 rings (SSSR count). The molecule has 0 fully saturated rings. The zero-order chi connectivity index (χ0) is 14.4. The number of carbonyl (C=O) groups is 1. The standard InChI is InChI=1S/C12H13ClN4OS2/c13-9-4-3-8(6-10(9)14)17-11(18)2-1-5-19-12-15-7-16-20-12/h3-4,6-7H,1-2,5,14H2,(H,17,18). The summed E-state index contributed by atoms with van der Waals surface area (Å²) in [4.78, 5) is 15.8. The van der Waals surface area contributed by atoms with Gasteiger partial charge < -0.3 is 11.1 Å².